The lowest BCUT2D eigenvalue weighted by Crippen LogP contribution is -2.30. The van der Waals surface area contributed by atoms with Crippen molar-refractivity contribution < 1.29 is 13.2 Å². The molecule has 112 valence electrons. The molecule has 0 saturated carbocycles. The topological polar surface area (TPSA) is 113 Å². The minimum Gasteiger partial charge on any atom is -0.326 e. The maximum Gasteiger partial charge on any atom is 0.296 e. The van der Waals surface area contributed by atoms with E-state index in [0.29, 0.717) is 17.8 Å². The number of nitrogens with one attached hydrogen (secondary N) is 3. The van der Waals surface area contributed by atoms with Crippen LogP contribution in [0, 0.1) is 0 Å². The van der Waals surface area contributed by atoms with Gasteiger partial charge in [-0.15, -0.1) is 0 Å². The molecule has 0 heterocycles. The van der Waals surface area contributed by atoms with Crippen LogP contribution in [0.15, 0.2) is 24.3 Å². The van der Waals surface area contributed by atoms with Crippen LogP contribution in [-0.4, -0.2) is 26.9 Å². The summed E-state index contributed by atoms with van der Waals surface area (Å²) in [5.74, 6) is -0.147. The van der Waals surface area contributed by atoms with Crippen LogP contribution >= 0.6 is 0 Å². The van der Waals surface area contributed by atoms with Gasteiger partial charge in [-0.05, 0) is 31.7 Å². The van der Waals surface area contributed by atoms with E-state index in [-0.39, 0.29) is 11.9 Å². The standard InChI is InChI=1S/C12H20N4O3S/c1-3-14-9(2)7-12(17)15-10-5-4-6-11(8-10)16-20(13,18)19/h4-6,8-9,14,16H,3,7H2,1-2H3,(H,15,17)(H2,13,18,19). The second-order valence-corrected chi connectivity index (χ2v) is 5.73. The zero-order valence-electron chi connectivity index (χ0n) is 11.5. The largest absolute Gasteiger partial charge is 0.326 e. The van der Waals surface area contributed by atoms with Gasteiger partial charge in [0.05, 0.1) is 5.69 Å². The van der Waals surface area contributed by atoms with Crippen molar-refractivity contribution in [1.29, 1.82) is 0 Å². The molecule has 0 radical (unpaired) electrons. The summed E-state index contributed by atoms with van der Waals surface area (Å²) in [6.07, 6.45) is 0.334. The number of amides is 1. The summed E-state index contributed by atoms with van der Waals surface area (Å²) < 4.78 is 24.0. The first-order chi connectivity index (χ1) is 9.30. The van der Waals surface area contributed by atoms with Gasteiger partial charge in [0.25, 0.3) is 10.2 Å². The lowest BCUT2D eigenvalue weighted by molar-refractivity contribution is -0.116. The molecule has 20 heavy (non-hydrogen) atoms. The van der Waals surface area contributed by atoms with Crippen LogP contribution in [-0.2, 0) is 15.0 Å². The summed E-state index contributed by atoms with van der Waals surface area (Å²) in [6.45, 7) is 4.68. The normalized spacial score (nSPS) is 12.8. The highest BCUT2D eigenvalue weighted by Gasteiger charge is 2.09. The average Bonchev–Trinajstić information content (AvgIpc) is 2.26. The van der Waals surface area contributed by atoms with Crippen LogP contribution in [0.3, 0.4) is 0 Å². The molecule has 0 aromatic heterocycles. The van der Waals surface area contributed by atoms with Crippen LogP contribution in [0.5, 0.6) is 0 Å². The molecule has 0 aliphatic carbocycles. The van der Waals surface area contributed by atoms with Gasteiger partial charge in [-0.3, -0.25) is 9.52 Å². The predicted octanol–water partition coefficient (Wildman–Crippen LogP) is 0.629. The third-order valence-corrected chi connectivity index (χ3v) is 2.97. The number of hydrogen-bond acceptors (Lipinski definition) is 4. The molecule has 0 bridgehead atoms. The molecule has 1 amide bonds. The Morgan fingerprint density at radius 1 is 1.35 bits per heavy atom. The molecule has 7 nitrogen and oxygen atoms in total. The number of nitrogens with two attached hydrogens (primary N) is 1. The van der Waals surface area contributed by atoms with Crippen LogP contribution in [0.25, 0.3) is 0 Å². The Balaban J connectivity index is 2.64. The van der Waals surface area contributed by atoms with Gasteiger partial charge in [0.2, 0.25) is 5.91 Å². The van der Waals surface area contributed by atoms with Gasteiger partial charge < -0.3 is 10.6 Å². The van der Waals surface area contributed by atoms with Crippen molar-refractivity contribution in [2.75, 3.05) is 16.6 Å². The number of carbonyl (C=O) groups excluding carboxylic acids is 1. The van der Waals surface area contributed by atoms with E-state index in [9.17, 15) is 13.2 Å². The molecule has 0 fully saturated rings. The quantitative estimate of drug-likeness (QED) is 0.591. The van der Waals surface area contributed by atoms with Crippen molar-refractivity contribution in [3.8, 4) is 0 Å². The smallest absolute Gasteiger partial charge is 0.296 e. The van der Waals surface area contributed by atoms with Crippen molar-refractivity contribution in [3.63, 3.8) is 0 Å². The number of carbonyl (C=O) groups is 1. The summed E-state index contributed by atoms with van der Waals surface area (Å²) >= 11 is 0. The second-order valence-electron chi connectivity index (χ2n) is 4.44. The third kappa shape index (κ3) is 6.50. The van der Waals surface area contributed by atoms with Gasteiger partial charge >= 0.3 is 0 Å². The van der Waals surface area contributed by atoms with Crippen LogP contribution in [0.1, 0.15) is 20.3 Å². The Morgan fingerprint density at radius 3 is 2.60 bits per heavy atom. The van der Waals surface area contributed by atoms with Gasteiger partial charge in [-0.1, -0.05) is 13.0 Å². The highest BCUT2D eigenvalue weighted by molar-refractivity contribution is 7.90. The molecule has 8 heteroatoms. The van der Waals surface area contributed by atoms with Gasteiger partial charge in [-0.2, -0.15) is 8.42 Å². The zero-order valence-corrected chi connectivity index (χ0v) is 12.3. The molecule has 1 rings (SSSR count). The molecule has 0 aliphatic rings. The summed E-state index contributed by atoms with van der Waals surface area (Å²) in [7, 11) is -3.82. The molecule has 1 unspecified atom stereocenters. The van der Waals surface area contributed by atoms with Crippen molar-refractivity contribution in [2.24, 2.45) is 5.14 Å². The molecular formula is C12H20N4O3S. The van der Waals surface area contributed by atoms with E-state index in [0.717, 1.165) is 6.54 Å². The first-order valence-electron chi connectivity index (χ1n) is 6.24. The van der Waals surface area contributed by atoms with Gasteiger partial charge in [0, 0.05) is 18.2 Å². The lowest BCUT2D eigenvalue weighted by atomic mass is 10.2. The maximum atomic E-state index is 11.8. The fourth-order valence-corrected chi connectivity index (χ4v) is 2.19. The summed E-state index contributed by atoms with van der Waals surface area (Å²) in [4.78, 5) is 11.8. The molecule has 5 N–H and O–H groups in total. The van der Waals surface area contributed by atoms with Gasteiger partial charge in [0.1, 0.15) is 0 Å². The lowest BCUT2D eigenvalue weighted by Gasteiger charge is -2.12. The Hall–Kier alpha value is -1.64. The molecule has 1 aromatic carbocycles. The van der Waals surface area contributed by atoms with Crippen LogP contribution in [0.4, 0.5) is 11.4 Å². The first kappa shape index (κ1) is 16.4. The zero-order chi connectivity index (χ0) is 15.2. The monoisotopic (exact) mass is 300 g/mol. The Morgan fingerprint density at radius 2 is 2.00 bits per heavy atom. The summed E-state index contributed by atoms with van der Waals surface area (Å²) in [6, 6.07) is 6.41. The number of hydrogen-bond donors (Lipinski definition) is 4. The van der Waals surface area contributed by atoms with Gasteiger partial charge in [-0.25, -0.2) is 5.14 Å². The molecule has 1 atom stereocenters. The fraction of sp³-hybridized carbons (Fsp3) is 0.417. The maximum absolute atomic E-state index is 11.8. The van der Waals surface area contributed by atoms with E-state index in [1.165, 1.54) is 6.07 Å². The highest BCUT2D eigenvalue weighted by atomic mass is 32.2. The fourth-order valence-electron chi connectivity index (χ4n) is 1.74. The van der Waals surface area contributed by atoms with E-state index in [1.54, 1.807) is 18.2 Å². The van der Waals surface area contributed by atoms with E-state index in [1.807, 2.05) is 13.8 Å². The van der Waals surface area contributed by atoms with E-state index < -0.39 is 10.2 Å². The Kier molecular flexibility index (Phi) is 5.93. The van der Waals surface area contributed by atoms with E-state index in [4.69, 9.17) is 5.14 Å². The SMILES string of the molecule is CCNC(C)CC(=O)Nc1cccc(NS(N)(=O)=O)c1. The highest BCUT2D eigenvalue weighted by Crippen LogP contribution is 2.16. The Bertz CT molecular complexity index is 560. The molecule has 0 aliphatic heterocycles. The second kappa shape index (κ2) is 7.22. The predicted molar refractivity (Wildman–Crippen MR) is 79.6 cm³/mol. The average molecular weight is 300 g/mol. The van der Waals surface area contributed by atoms with Crippen molar-refractivity contribution in [3.05, 3.63) is 24.3 Å². The van der Waals surface area contributed by atoms with Gasteiger partial charge in [0.15, 0.2) is 0 Å². The van der Waals surface area contributed by atoms with E-state index in [2.05, 4.69) is 15.4 Å². The molecule has 0 saturated heterocycles. The van der Waals surface area contributed by atoms with E-state index >= 15 is 0 Å². The molecule has 1 aromatic rings. The summed E-state index contributed by atoms with van der Waals surface area (Å²) in [5.41, 5.74) is 0.803. The van der Waals surface area contributed by atoms with Crippen LogP contribution in [0.2, 0.25) is 0 Å². The third-order valence-electron chi connectivity index (χ3n) is 2.45. The first-order valence-corrected chi connectivity index (χ1v) is 7.78. The van der Waals surface area contributed by atoms with Crippen molar-refractivity contribution >= 4 is 27.5 Å². The minimum atomic E-state index is -3.82. The van der Waals surface area contributed by atoms with Crippen molar-refractivity contribution in [1.82, 2.24) is 5.32 Å². The number of rotatable bonds is 7. The number of benzene rings is 1. The van der Waals surface area contributed by atoms with Crippen LogP contribution < -0.4 is 20.5 Å². The molecular weight excluding hydrogens is 280 g/mol. The van der Waals surface area contributed by atoms with Crippen molar-refractivity contribution in [2.45, 2.75) is 26.3 Å². The Labute approximate surface area is 119 Å². The summed E-state index contributed by atoms with van der Waals surface area (Å²) in [5, 5.41) is 10.7. The number of anilines is 2. The molecule has 0 spiro atoms. The minimum absolute atomic E-state index is 0.0747.